The molecule has 0 unspecified atom stereocenters. The summed E-state index contributed by atoms with van der Waals surface area (Å²) < 4.78 is 0. The lowest BCUT2D eigenvalue weighted by atomic mass is 10.2. The number of para-hydroxylation sites is 1. The van der Waals surface area contributed by atoms with Crippen molar-refractivity contribution >= 4 is 40.6 Å². The first kappa shape index (κ1) is 16.0. The molecule has 1 aromatic heterocycles. The van der Waals surface area contributed by atoms with Crippen molar-refractivity contribution in [2.45, 2.75) is 31.7 Å². The molecule has 2 aromatic rings. The molecule has 1 aliphatic rings. The van der Waals surface area contributed by atoms with Crippen molar-refractivity contribution in [3.8, 4) is 0 Å². The Labute approximate surface area is 144 Å². The van der Waals surface area contributed by atoms with Crippen molar-refractivity contribution < 1.29 is 4.79 Å². The lowest BCUT2D eigenvalue weighted by Crippen LogP contribution is -2.18. The molecule has 0 aliphatic heterocycles. The smallest absolute Gasteiger partial charge is 0.276 e. The SMILES string of the molecule is O=C(Nc1c(Cl)cccc1Cl)c1ccc(NC2CCCC2)nn1. The van der Waals surface area contributed by atoms with Crippen LogP contribution in [0.3, 0.4) is 0 Å². The van der Waals surface area contributed by atoms with Gasteiger partial charge in [0.2, 0.25) is 0 Å². The second-order valence-corrected chi connectivity index (χ2v) is 6.29. The molecule has 120 valence electrons. The summed E-state index contributed by atoms with van der Waals surface area (Å²) in [6, 6.07) is 8.86. The molecule has 0 saturated heterocycles. The van der Waals surface area contributed by atoms with Gasteiger partial charge in [-0.2, -0.15) is 0 Å². The van der Waals surface area contributed by atoms with Gasteiger partial charge in [0.25, 0.3) is 5.91 Å². The van der Waals surface area contributed by atoms with Gasteiger partial charge in [-0.15, -0.1) is 10.2 Å². The zero-order valence-corrected chi connectivity index (χ0v) is 13.9. The zero-order chi connectivity index (χ0) is 16.2. The van der Waals surface area contributed by atoms with Crippen molar-refractivity contribution in [3.05, 3.63) is 46.1 Å². The third-order valence-corrected chi connectivity index (χ3v) is 4.44. The van der Waals surface area contributed by atoms with E-state index < -0.39 is 5.91 Å². The van der Waals surface area contributed by atoms with Crippen LogP contribution in [0, 0.1) is 0 Å². The van der Waals surface area contributed by atoms with Gasteiger partial charge in [0.15, 0.2) is 5.69 Å². The Balaban J connectivity index is 1.67. The number of hydrogen-bond acceptors (Lipinski definition) is 4. The monoisotopic (exact) mass is 350 g/mol. The lowest BCUT2D eigenvalue weighted by Gasteiger charge is -2.12. The maximum absolute atomic E-state index is 12.2. The van der Waals surface area contributed by atoms with Crippen LogP contribution in [-0.4, -0.2) is 22.1 Å². The highest BCUT2D eigenvalue weighted by Gasteiger charge is 2.16. The van der Waals surface area contributed by atoms with E-state index in [9.17, 15) is 4.79 Å². The molecule has 1 fully saturated rings. The minimum Gasteiger partial charge on any atom is -0.366 e. The van der Waals surface area contributed by atoms with Gasteiger partial charge in [-0.3, -0.25) is 4.79 Å². The number of anilines is 2. The molecule has 1 amide bonds. The fourth-order valence-corrected chi connectivity index (χ4v) is 3.10. The first-order valence-electron chi connectivity index (χ1n) is 7.49. The lowest BCUT2D eigenvalue weighted by molar-refractivity contribution is 0.102. The minimum absolute atomic E-state index is 0.206. The second kappa shape index (κ2) is 7.15. The summed E-state index contributed by atoms with van der Waals surface area (Å²) in [5, 5.41) is 14.8. The Kier molecular flexibility index (Phi) is 4.98. The Hall–Kier alpha value is -1.85. The summed E-state index contributed by atoms with van der Waals surface area (Å²) >= 11 is 12.1. The number of halogens is 2. The average molecular weight is 351 g/mol. The van der Waals surface area contributed by atoms with Gasteiger partial charge in [-0.05, 0) is 37.1 Å². The number of aromatic nitrogens is 2. The molecule has 3 rings (SSSR count). The fourth-order valence-electron chi connectivity index (χ4n) is 2.60. The van der Waals surface area contributed by atoms with Crippen molar-refractivity contribution in [2.24, 2.45) is 0 Å². The molecular weight excluding hydrogens is 335 g/mol. The molecular formula is C16H16Cl2N4O. The summed E-state index contributed by atoms with van der Waals surface area (Å²) in [4.78, 5) is 12.2. The summed E-state index contributed by atoms with van der Waals surface area (Å²) in [6.45, 7) is 0. The maximum Gasteiger partial charge on any atom is 0.276 e. The van der Waals surface area contributed by atoms with Crippen LogP contribution in [0.2, 0.25) is 10.0 Å². The highest BCUT2D eigenvalue weighted by molar-refractivity contribution is 6.39. The van der Waals surface area contributed by atoms with Gasteiger partial charge in [0, 0.05) is 6.04 Å². The summed E-state index contributed by atoms with van der Waals surface area (Å²) in [5.41, 5.74) is 0.578. The molecule has 1 aromatic carbocycles. The zero-order valence-electron chi connectivity index (χ0n) is 12.4. The van der Waals surface area contributed by atoms with Gasteiger partial charge in [0.05, 0.1) is 15.7 Å². The van der Waals surface area contributed by atoms with E-state index in [1.165, 1.54) is 12.8 Å². The molecule has 0 bridgehead atoms. The van der Waals surface area contributed by atoms with Gasteiger partial charge < -0.3 is 10.6 Å². The third-order valence-electron chi connectivity index (χ3n) is 3.81. The molecule has 1 aliphatic carbocycles. The predicted octanol–water partition coefficient (Wildman–Crippen LogP) is 4.39. The van der Waals surface area contributed by atoms with E-state index >= 15 is 0 Å². The number of carbonyl (C=O) groups is 1. The van der Waals surface area contributed by atoms with Crippen LogP contribution in [-0.2, 0) is 0 Å². The number of hydrogen-bond donors (Lipinski definition) is 2. The molecule has 1 saturated carbocycles. The normalized spacial score (nSPS) is 14.7. The molecule has 0 spiro atoms. The van der Waals surface area contributed by atoms with Crippen molar-refractivity contribution in [1.29, 1.82) is 0 Å². The first-order valence-corrected chi connectivity index (χ1v) is 8.25. The molecule has 5 nitrogen and oxygen atoms in total. The van der Waals surface area contributed by atoms with E-state index in [4.69, 9.17) is 23.2 Å². The second-order valence-electron chi connectivity index (χ2n) is 5.48. The van der Waals surface area contributed by atoms with Gasteiger partial charge in [0.1, 0.15) is 5.82 Å². The highest BCUT2D eigenvalue weighted by atomic mass is 35.5. The molecule has 0 atom stereocenters. The number of carbonyl (C=O) groups excluding carboxylic acids is 1. The largest absolute Gasteiger partial charge is 0.366 e. The number of rotatable bonds is 4. The van der Waals surface area contributed by atoms with Crippen molar-refractivity contribution in [1.82, 2.24) is 10.2 Å². The molecule has 23 heavy (non-hydrogen) atoms. The molecule has 0 radical (unpaired) electrons. The minimum atomic E-state index is -0.403. The van der Waals surface area contributed by atoms with E-state index in [1.54, 1.807) is 30.3 Å². The molecule has 1 heterocycles. The summed E-state index contributed by atoms with van der Waals surface area (Å²) in [5.74, 6) is 0.282. The Morgan fingerprint density at radius 1 is 1.04 bits per heavy atom. The van der Waals surface area contributed by atoms with Crippen molar-refractivity contribution in [3.63, 3.8) is 0 Å². The third kappa shape index (κ3) is 3.92. The van der Waals surface area contributed by atoms with Crippen LogP contribution in [0.25, 0.3) is 0 Å². The molecule has 7 heteroatoms. The predicted molar refractivity (Wildman–Crippen MR) is 92.3 cm³/mol. The van der Waals surface area contributed by atoms with E-state index in [-0.39, 0.29) is 5.69 Å². The van der Waals surface area contributed by atoms with E-state index in [0.29, 0.717) is 27.6 Å². The summed E-state index contributed by atoms with van der Waals surface area (Å²) in [7, 11) is 0. The number of benzene rings is 1. The standard InChI is InChI=1S/C16H16Cl2N4O/c17-11-6-3-7-12(18)15(11)20-16(23)13-8-9-14(22-21-13)19-10-4-1-2-5-10/h3,6-10H,1-2,4-5H2,(H,19,22)(H,20,23). The average Bonchev–Trinajstić information content (AvgIpc) is 3.04. The van der Waals surface area contributed by atoms with Crippen LogP contribution >= 0.6 is 23.2 Å². The maximum atomic E-state index is 12.2. The van der Waals surface area contributed by atoms with E-state index in [1.807, 2.05) is 0 Å². The van der Waals surface area contributed by atoms with Crippen LogP contribution < -0.4 is 10.6 Å². The quantitative estimate of drug-likeness (QED) is 0.857. The van der Waals surface area contributed by atoms with E-state index in [2.05, 4.69) is 20.8 Å². The number of nitrogens with one attached hydrogen (secondary N) is 2. The summed E-state index contributed by atoms with van der Waals surface area (Å²) in [6.07, 6.45) is 4.78. The van der Waals surface area contributed by atoms with Crippen LogP contribution in [0.5, 0.6) is 0 Å². The highest BCUT2D eigenvalue weighted by Crippen LogP contribution is 2.30. The van der Waals surface area contributed by atoms with Crippen LogP contribution in [0.15, 0.2) is 30.3 Å². The van der Waals surface area contributed by atoms with Crippen molar-refractivity contribution in [2.75, 3.05) is 10.6 Å². The van der Waals surface area contributed by atoms with Gasteiger partial charge >= 0.3 is 0 Å². The Morgan fingerprint density at radius 3 is 2.35 bits per heavy atom. The fraction of sp³-hybridized carbons (Fsp3) is 0.312. The van der Waals surface area contributed by atoms with Crippen LogP contribution in [0.1, 0.15) is 36.2 Å². The van der Waals surface area contributed by atoms with Gasteiger partial charge in [-0.1, -0.05) is 42.1 Å². The molecule has 2 N–H and O–H groups in total. The topological polar surface area (TPSA) is 66.9 Å². The first-order chi connectivity index (χ1) is 11.1. The van der Waals surface area contributed by atoms with E-state index in [0.717, 1.165) is 12.8 Å². The number of amides is 1. The number of nitrogens with zero attached hydrogens (tertiary/aromatic N) is 2. The van der Waals surface area contributed by atoms with Gasteiger partial charge in [-0.25, -0.2) is 0 Å². The Bertz CT molecular complexity index is 679. The Morgan fingerprint density at radius 2 is 1.74 bits per heavy atom. The van der Waals surface area contributed by atoms with Crippen LogP contribution in [0.4, 0.5) is 11.5 Å².